The fourth-order valence-corrected chi connectivity index (χ4v) is 6.65. The molecule has 0 N–H and O–H groups in total. The lowest BCUT2D eigenvalue weighted by molar-refractivity contribution is -0.384. The van der Waals surface area contributed by atoms with Crippen LogP contribution in [0, 0.1) is 10.1 Å². The number of hydrogen-bond donors (Lipinski definition) is 0. The molecule has 1 aliphatic heterocycles. The van der Waals surface area contributed by atoms with E-state index in [1.54, 1.807) is 30.5 Å². The highest BCUT2D eigenvalue weighted by atomic mass is 35.5. The Labute approximate surface area is 230 Å². The van der Waals surface area contributed by atoms with E-state index in [-0.39, 0.29) is 36.4 Å². The smallest absolute Gasteiger partial charge is 0.316 e. The third-order valence-corrected chi connectivity index (χ3v) is 9.11. The first-order chi connectivity index (χ1) is 18.7. The van der Waals surface area contributed by atoms with Gasteiger partial charge in [-0.25, -0.2) is 8.42 Å². The van der Waals surface area contributed by atoms with Crippen LogP contribution in [0.3, 0.4) is 0 Å². The van der Waals surface area contributed by atoms with E-state index in [0.717, 1.165) is 25.7 Å². The summed E-state index contributed by atoms with van der Waals surface area (Å²) in [6, 6.07) is 12.4. The molecule has 13 heteroatoms. The highest BCUT2D eigenvalue weighted by Crippen LogP contribution is 2.31. The van der Waals surface area contributed by atoms with Crippen LogP contribution in [-0.4, -0.2) is 59.7 Å². The second kappa shape index (κ2) is 11.3. The molecular formula is C26H28ClN5O6S. The van der Waals surface area contributed by atoms with Crippen LogP contribution < -0.4 is 15.2 Å². The zero-order valence-electron chi connectivity index (χ0n) is 21.1. The summed E-state index contributed by atoms with van der Waals surface area (Å²) in [7, 11) is -3.65. The van der Waals surface area contributed by atoms with Gasteiger partial charge in [-0.15, -0.1) is 0 Å². The number of halogens is 1. The average molecular weight is 574 g/mol. The van der Waals surface area contributed by atoms with Crippen LogP contribution in [0.2, 0.25) is 5.02 Å². The molecule has 0 bridgehead atoms. The summed E-state index contributed by atoms with van der Waals surface area (Å²) in [5, 5.41) is 15.7. The quantitative estimate of drug-likeness (QED) is 0.294. The zero-order chi connectivity index (χ0) is 27.6. The van der Waals surface area contributed by atoms with Gasteiger partial charge >= 0.3 is 5.56 Å². The first-order valence-electron chi connectivity index (χ1n) is 12.7. The molecule has 1 saturated carbocycles. The lowest BCUT2D eigenvalue weighted by Crippen LogP contribution is -2.49. The summed E-state index contributed by atoms with van der Waals surface area (Å²) in [5.41, 5.74) is 1.06. The Bertz CT molecular complexity index is 1510. The second-order valence-electron chi connectivity index (χ2n) is 9.65. The van der Waals surface area contributed by atoms with Crippen LogP contribution >= 0.6 is 11.6 Å². The van der Waals surface area contributed by atoms with E-state index in [4.69, 9.17) is 16.3 Å². The molecule has 206 valence electrons. The maximum absolute atomic E-state index is 13.6. The highest BCUT2D eigenvalue weighted by Gasteiger charge is 2.30. The third-order valence-electron chi connectivity index (χ3n) is 7.02. The highest BCUT2D eigenvalue weighted by molar-refractivity contribution is 7.88. The van der Waals surface area contributed by atoms with Gasteiger partial charge in [0.25, 0.3) is 5.69 Å². The van der Waals surface area contributed by atoms with Crippen molar-refractivity contribution in [2.45, 2.75) is 37.5 Å². The van der Waals surface area contributed by atoms with Crippen molar-refractivity contribution in [3.63, 3.8) is 0 Å². The van der Waals surface area contributed by atoms with E-state index in [0.29, 0.717) is 35.1 Å². The zero-order valence-corrected chi connectivity index (χ0v) is 22.7. The molecule has 3 aromatic rings. The van der Waals surface area contributed by atoms with Gasteiger partial charge in [0.15, 0.2) is 0 Å². The minimum Gasteiger partial charge on any atom is -0.483 e. The van der Waals surface area contributed by atoms with E-state index in [9.17, 15) is 23.3 Å². The van der Waals surface area contributed by atoms with Gasteiger partial charge in [-0.05, 0) is 49.4 Å². The summed E-state index contributed by atoms with van der Waals surface area (Å²) in [6.45, 7) is 1.14. The maximum atomic E-state index is 13.6. The Kier molecular flexibility index (Phi) is 7.87. The summed E-state index contributed by atoms with van der Waals surface area (Å²) < 4.78 is 35.1. The fraction of sp³-hybridized carbons (Fsp3) is 0.385. The molecule has 2 heterocycles. The predicted molar refractivity (Wildman–Crippen MR) is 147 cm³/mol. The Hall–Kier alpha value is -3.48. The Morgan fingerprint density at radius 1 is 1.05 bits per heavy atom. The monoisotopic (exact) mass is 573 g/mol. The number of nitro groups is 1. The standard InChI is InChI=1S/C26H28ClN5O6S/c27-20-4-3-5-22(16-20)31-26(33)25(38-23-6-1-2-7-23)24(17-28-31)29-12-14-30(15-13-29)39(36,37)18-19-8-10-21(11-9-19)32(34)35/h3-5,8-11,16-17,23H,1-2,6-7,12-15,18H2. The number of nitrogens with zero attached hydrogens (tertiary/aromatic N) is 5. The number of hydrogen-bond acceptors (Lipinski definition) is 8. The largest absolute Gasteiger partial charge is 0.483 e. The number of piperazine rings is 1. The number of nitro benzene ring substituents is 1. The lowest BCUT2D eigenvalue weighted by Gasteiger charge is -2.36. The van der Waals surface area contributed by atoms with E-state index in [1.165, 1.54) is 33.3 Å². The molecule has 0 atom stereocenters. The van der Waals surface area contributed by atoms with E-state index >= 15 is 0 Å². The molecule has 39 heavy (non-hydrogen) atoms. The number of rotatable bonds is 8. The van der Waals surface area contributed by atoms with Gasteiger partial charge in [0.2, 0.25) is 15.8 Å². The topological polar surface area (TPSA) is 128 Å². The molecule has 2 aromatic carbocycles. The number of sulfonamides is 1. The van der Waals surface area contributed by atoms with Crippen LogP contribution in [0.4, 0.5) is 11.4 Å². The van der Waals surface area contributed by atoms with Crippen molar-refractivity contribution in [1.82, 2.24) is 14.1 Å². The second-order valence-corrected chi connectivity index (χ2v) is 12.1. The number of anilines is 1. The van der Waals surface area contributed by atoms with Crippen molar-refractivity contribution in [1.29, 1.82) is 0 Å². The minimum absolute atomic E-state index is 0.0602. The molecule has 0 amide bonds. The van der Waals surface area contributed by atoms with Gasteiger partial charge in [0.1, 0.15) is 5.69 Å². The summed E-state index contributed by atoms with van der Waals surface area (Å²) in [6.07, 6.45) is 5.35. The molecule has 11 nitrogen and oxygen atoms in total. The molecule has 0 spiro atoms. The van der Waals surface area contributed by atoms with Crippen molar-refractivity contribution in [2.75, 3.05) is 31.1 Å². The van der Waals surface area contributed by atoms with Crippen molar-refractivity contribution in [2.24, 2.45) is 0 Å². The molecule has 1 saturated heterocycles. The fourth-order valence-electron chi connectivity index (χ4n) is 4.95. The van der Waals surface area contributed by atoms with Gasteiger partial charge in [-0.1, -0.05) is 29.8 Å². The Balaban J connectivity index is 1.35. The van der Waals surface area contributed by atoms with Crippen LogP contribution in [0.25, 0.3) is 5.69 Å². The van der Waals surface area contributed by atoms with E-state index in [1.807, 2.05) is 4.90 Å². The maximum Gasteiger partial charge on any atom is 0.316 e. The van der Waals surface area contributed by atoms with Gasteiger partial charge in [0.05, 0.1) is 28.7 Å². The molecule has 0 unspecified atom stereocenters. The summed E-state index contributed by atoms with van der Waals surface area (Å²) in [5.74, 6) is -0.0442. The molecule has 2 fully saturated rings. The molecule has 1 aliphatic carbocycles. The third kappa shape index (κ3) is 6.07. The van der Waals surface area contributed by atoms with Gasteiger partial charge in [-0.2, -0.15) is 14.1 Å². The van der Waals surface area contributed by atoms with E-state index < -0.39 is 20.5 Å². The first-order valence-corrected chi connectivity index (χ1v) is 14.7. The van der Waals surface area contributed by atoms with Crippen LogP contribution in [0.15, 0.2) is 59.5 Å². The van der Waals surface area contributed by atoms with Gasteiger partial charge < -0.3 is 9.64 Å². The molecule has 0 radical (unpaired) electrons. The van der Waals surface area contributed by atoms with Crippen molar-refractivity contribution >= 4 is 33.0 Å². The molecule has 5 rings (SSSR count). The number of benzene rings is 2. The number of non-ortho nitro benzene ring substituents is 1. The predicted octanol–water partition coefficient (Wildman–Crippen LogP) is 3.77. The lowest BCUT2D eigenvalue weighted by atomic mass is 10.2. The number of aromatic nitrogens is 2. The summed E-state index contributed by atoms with van der Waals surface area (Å²) >= 11 is 6.13. The van der Waals surface area contributed by atoms with Crippen molar-refractivity contribution < 1.29 is 18.1 Å². The first kappa shape index (κ1) is 27.1. The van der Waals surface area contributed by atoms with Crippen molar-refractivity contribution in [3.8, 4) is 11.4 Å². The van der Waals surface area contributed by atoms with Gasteiger partial charge in [-0.3, -0.25) is 14.9 Å². The van der Waals surface area contributed by atoms with Crippen LogP contribution in [0.5, 0.6) is 5.75 Å². The summed E-state index contributed by atoms with van der Waals surface area (Å²) in [4.78, 5) is 25.9. The Morgan fingerprint density at radius 3 is 2.38 bits per heavy atom. The van der Waals surface area contributed by atoms with E-state index in [2.05, 4.69) is 5.10 Å². The average Bonchev–Trinajstić information content (AvgIpc) is 3.43. The SMILES string of the molecule is O=c1c(OC2CCCC2)c(N2CCN(S(=O)(=O)Cc3ccc([N+](=O)[O-])cc3)CC2)cnn1-c1cccc(Cl)c1. The normalized spacial score (nSPS) is 16.9. The minimum atomic E-state index is -3.65. The molecular weight excluding hydrogens is 546 g/mol. The molecule has 2 aliphatic rings. The Morgan fingerprint density at radius 2 is 1.74 bits per heavy atom. The van der Waals surface area contributed by atoms with Crippen LogP contribution in [0.1, 0.15) is 31.2 Å². The van der Waals surface area contributed by atoms with Crippen LogP contribution in [-0.2, 0) is 15.8 Å². The molecule has 1 aromatic heterocycles. The van der Waals surface area contributed by atoms with Gasteiger partial charge in [0, 0.05) is 43.3 Å². The number of ether oxygens (including phenoxy) is 1. The van der Waals surface area contributed by atoms with Crippen molar-refractivity contribution in [3.05, 3.63) is 85.8 Å².